The number of H-pyrrole nitrogens is 1. The molecule has 1 aliphatic carbocycles. The van der Waals surface area contributed by atoms with E-state index < -0.39 is 0 Å². The van der Waals surface area contributed by atoms with E-state index in [2.05, 4.69) is 48.1 Å². The molecule has 2 aliphatic rings. The first-order chi connectivity index (χ1) is 14.6. The Balaban J connectivity index is 1.58. The van der Waals surface area contributed by atoms with Gasteiger partial charge in [-0.2, -0.15) is 0 Å². The topological polar surface area (TPSA) is 74.8 Å². The zero-order valence-corrected chi connectivity index (χ0v) is 18.4. The number of methoxy groups -OCH3 is 1. The number of rotatable bonds is 8. The van der Waals surface area contributed by atoms with Gasteiger partial charge in [0.15, 0.2) is 17.3 Å². The molecule has 1 aromatic carbocycles. The summed E-state index contributed by atoms with van der Waals surface area (Å²) in [5.74, 6) is 3.86. The highest BCUT2D eigenvalue weighted by atomic mass is 16.5. The van der Waals surface area contributed by atoms with Gasteiger partial charge < -0.3 is 19.4 Å². The van der Waals surface area contributed by atoms with E-state index >= 15 is 0 Å². The molecule has 2 aromatic rings. The minimum absolute atomic E-state index is 0.0848. The van der Waals surface area contributed by atoms with Crippen LogP contribution >= 0.6 is 0 Å². The first-order valence-corrected chi connectivity index (χ1v) is 11.1. The summed E-state index contributed by atoms with van der Waals surface area (Å²) in [7, 11) is 1.69. The van der Waals surface area contributed by atoms with Crippen LogP contribution in [0.25, 0.3) is 0 Å². The van der Waals surface area contributed by atoms with Gasteiger partial charge in [0.1, 0.15) is 12.0 Å². The number of anilines is 1. The normalized spacial score (nSPS) is 18.8. The van der Waals surface area contributed by atoms with Crippen molar-refractivity contribution in [3.63, 3.8) is 0 Å². The number of hydrogen-bond acceptors (Lipinski definition) is 6. The van der Waals surface area contributed by atoms with Crippen molar-refractivity contribution in [2.75, 3.05) is 18.6 Å². The van der Waals surface area contributed by atoms with Crippen molar-refractivity contribution in [2.45, 2.75) is 71.2 Å². The molecular weight excluding hydrogens is 378 g/mol. The third kappa shape index (κ3) is 4.31. The number of aliphatic imine (C=N–C) groups is 1. The third-order valence-electron chi connectivity index (χ3n) is 5.75. The number of nitrogens with one attached hydrogen (secondary N) is 2. The smallest absolute Gasteiger partial charge is 0.161 e. The van der Waals surface area contributed by atoms with Crippen molar-refractivity contribution < 1.29 is 9.47 Å². The molecule has 7 nitrogen and oxygen atoms in total. The Kier molecular flexibility index (Phi) is 6.27. The van der Waals surface area contributed by atoms with Crippen LogP contribution < -0.4 is 19.7 Å². The molecule has 1 aliphatic heterocycles. The monoisotopic (exact) mass is 411 g/mol. The largest absolute Gasteiger partial charge is 0.493 e. The molecule has 0 bridgehead atoms. The maximum absolute atomic E-state index is 6.27. The molecule has 1 aromatic heterocycles. The van der Waals surface area contributed by atoms with Gasteiger partial charge in [0.25, 0.3) is 0 Å². The van der Waals surface area contributed by atoms with Gasteiger partial charge in [0.2, 0.25) is 0 Å². The van der Waals surface area contributed by atoms with Crippen molar-refractivity contribution >= 4 is 12.2 Å². The predicted molar refractivity (Wildman–Crippen MR) is 120 cm³/mol. The molecule has 1 atom stereocenters. The lowest BCUT2D eigenvalue weighted by molar-refractivity contribution is 0.200. The molecule has 4 rings (SSSR count). The second-order valence-corrected chi connectivity index (χ2v) is 8.38. The Hall–Kier alpha value is -2.54. The van der Waals surface area contributed by atoms with E-state index in [1.54, 1.807) is 7.11 Å². The SMILES string of the molecule is CCNC1N=CN(Cc2ccc(OC)c(OC3CCCC3)c2)c2nc(C(C)C)[nH]c21. The van der Waals surface area contributed by atoms with Crippen LogP contribution in [0.3, 0.4) is 0 Å². The fourth-order valence-corrected chi connectivity index (χ4v) is 4.11. The van der Waals surface area contributed by atoms with Gasteiger partial charge in [0.05, 0.1) is 31.8 Å². The molecule has 1 fully saturated rings. The summed E-state index contributed by atoms with van der Waals surface area (Å²) < 4.78 is 11.8. The number of nitrogens with zero attached hydrogens (tertiary/aromatic N) is 3. The zero-order chi connectivity index (χ0) is 21.1. The number of benzene rings is 1. The highest BCUT2D eigenvalue weighted by Crippen LogP contribution is 2.35. The van der Waals surface area contributed by atoms with E-state index in [1.165, 1.54) is 12.8 Å². The molecule has 2 heterocycles. The lowest BCUT2D eigenvalue weighted by atomic mass is 10.1. The molecule has 162 valence electrons. The van der Waals surface area contributed by atoms with E-state index in [0.717, 1.165) is 53.8 Å². The van der Waals surface area contributed by atoms with Gasteiger partial charge in [-0.25, -0.2) is 9.98 Å². The van der Waals surface area contributed by atoms with Gasteiger partial charge >= 0.3 is 0 Å². The number of aromatic nitrogens is 2. The van der Waals surface area contributed by atoms with Gasteiger partial charge in [-0.05, 0) is 49.9 Å². The first-order valence-electron chi connectivity index (χ1n) is 11.1. The minimum atomic E-state index is -0.0848. The predicted octanol–water partition coefficient (Wildman–Crippen LogP) is 4.52. The van der Waals surface area contributed by atoms with Crippen LogP contribution in [-0.2, 0) is 6.54 Å². The summed E-state index contributed by atoms with van der Waals surface area (Å²) in [5, 5.41) is 3.41. The van der Waals surface area contributed by atoms with Crippen molar-refractivity contribution in [1.29, 1.82) is 0 Å². The summed E-state index contributed by atoms with van der Waals surface area (Å²) in [4.78, 5) is 15.2. The average molecular weight is 412 g/mol. The molecule has 1 unspecified atom stereocenters. The molecule has 0 radical (unpaired) electrons. The van der Waals surface area contributed by atoms with Gasteiger partial charge in [-0.3, -0.25) is 5.32 Å². The van der Waals surface area contributed by atoms with Gasteiger partial charge in [0, 0.05) is 5.92 Å². The second-order valence-electron chi connectivity index (χ2n) is 8.38. The molecule has 0 spiro atoms. The lowest BCUT2D eigenvalue weighted by Gasteiger charge is -2.26. The maximum atomic E-state index is 6.27. The number of aromatic amines is 1. The maximum Gasteiger partial charge on any atom is 0.161 e. The zero-order valence-electron chi connectivity index (χ0n) is 18.4. The summed E-state index contributed by atoms with van der Waals surface area (Å²) in [6, 6.07) is 6.17. The van der Waals surface area contributed by atoms with Gasteiger partial charge in [-0.15, -0.1) is 0 Å². The Morgan fingerprint density at radius 1 is 1.23 bits per heavy atom. The molecular formula is C23H33N5O2. The molecule has 1 saturated carbocycles. The van der Waals surface area contributed by atoms with Crippen LogP contribution in [-0.4, -0.2) is 36.1 Å². The Morgan fingerprint density at radius 2 is 2.03 bits per heavy atom. The number of ether oxygens (including phenoxy) is 2. The Labute approximate surface area is 178 Å². The van der Waals surface area contributed by atoms with E-state index in [0.29, 0.717) is 12.5 Å². The van der Waals surface area contributed by atoms with Crippen LogP contribution in [0.5, 0.6) is 11.5 Å². The lowest BCUT2D eigenvalue weighted by Crippen LogP contribution is -2.31. The summed E-state index contributed by atoms with van der Waals surface area (Å²) >= 11 is 0. The second kappa shape index (κ2) is 9.08. The standard InChI is InChI=1S/C23H33N5O2/c1-5-24-22-20-23(27-21(26-20)15(2)3)28(14-25-22)13-16-10-11-18(29-4)19(12-16)30-17-8-6-7-9-17/h10-12,14-15,17,22,24H,5-9,13H2,1-4H3,(H,26,27). The highest BCUT2D eigenvalue weighted by molar-refractivity contribution is 5.81. The summed E-state index contributed by atoms with van der Waals surface area (Å²) in [5.41, 5.74) is 2.16. The Bertz CT molecular complexity index is 886. The van der Waals surface area contributed by atoms with E-state index in [4.69, 9.17) is 19.5 Å². The van der Waals surface area contributed by atoms with E-state index in [9.17, 15) is 0 Å². The first kappa shape index (κ1) is 20.7. The summed E-state index contributed by atoms with van der Waals surface area (Å²) in [6.45, 7) is 7.90. The van der Waals surface area contributed by atoms with Crippen molar-refractivity contribution in [1.82, 2.24) is 15.3 Å². The van der Waals surface area contributed by atoms with Crippen molar-refractivity contribution in [2.24, 2.45) is 4.99 Å². The molecule has 0 saturated heterocycles. The molecule has 7 heteroatoms. The van der Waals surface area contributed by atoms with Crippen LogP contribution in [0.4, 0.5) is 5.82 Å². The van der Waals surface area contributed by atoms with Crippen LogP contribution in [0, 0.1) is 0 Å². The van der Waals surface area contributed by atoms with Crippen LogP contribution in [0.15, 0.2) is 23.2 Å². The molecule has 30 heavy (non-hydrogen) atoms. The molecule has 2 N–H and O–H groups in total. The third-order valence-corrected chi connectivity index (χ3v) is 5.75. The fraction of sp³-hybridized carbons (Fsp3) is 0.565. The number of hydrogen-bond donors (Lipinski definition) is 2. The van der Waals surface area contributed by atoms with Gasteiger partial charge in [-0.1, -0.05) is 26.8 Å². The van der Waals surface area contributed by atoms with Crippen LogP contribution in [0.2, 0.25) is 0 Å². The highest BCUT2D eigenvalue weighted by Gasteiger charge is 2.27. The number of imidazole rings is 1. The summed E-state index contributed by atoms with van der Waals surface area (Å²) in [6.07, 6.45) is 6.81. The number of fused-ring (bicyclic) bond motifs is 1. The van der Waals surface area contributed by atoms with Crippen molar-refractivity contribution in [3.8, 4) is 11.5 Å². The van der Waals surface area contributed by atoms with E-state index in [1.807, 2.05) is 12.4 Å². The Morgan fingerprint density at radius 3 is 2.73 bits per heavy atom. The average Bonchev–Trinajstić information content (AvgIpc) is 3.40. The van der Waals surface area contributed by atoms with Crippen molar-refractivity contribution in [3.05, 3.63) is 35.3 Å². The molecule has 0 amide bonds. The fourth-order valence-electron chi connectivity index (χ4n) is 4.11. The quantitative estimate of drug-likeness (QED) is 0.668. The minimum Gasteiger partial charge on any atom is -0.493 e. The van der Waals surface area contributed by atoms with E-state index in [-0.39, 0.29) is 12.3 Å². The van der Waals surface area contributed by atoms with Crippen LogP contribution in [0.1, 0.15) is 75.6 Å².